The summed E-state index contributed by atoms with van der Waals surface area (Å²) in [5, 5.41) is 0. The molecule has 0 N–H and O–H groups in total. The molecule has 4 heteroatoms. The van der Waals surface area contributed by atoms with Crippen molar-refractivity contribution in [3.63, 3.8) is 0 Å². The van der Waals surface area contributed by atoms with Gasteiger partial charge in [0.25, 0.3) is 0 Å². The molecule has 0 bridgehead atoms. The van der Waals surface area contributed by atoms with Gasteiger partial charge in [-0.3, -0.25) is 4.79 Å². The number of methoxy groups -OCH3 is 2. The van der Waals surface area contributed by atoms with Crippen molar-refractivity contribution in [3.8, 4) is 0 Å². The third-order valence-corrected chi connectivity index (χ3v) is 2.35. The van der Waals surface area contributed by atoms with Crippen LogP contribution in [0.15, 0.2) is 11.6 Å². The van der Waals surface area contributed by atoms with Gasteiger partial charge in [-0.25, -0.2) is 4.79 Å². The monoisotopic (exact) mass is 198 g/mol. The molecule has 0 saturated heterocycles. The Balaban J connectivity index is 2.88. The van der Waals surface area contributed by atoms with Crippen LogP contribution in [0.1, 0.15) is 13.3 Å². The average molecular weight is 198 g/mol. The number of rotatable bonds is 2. The first-order chi connectivity index (χ1) is 6.60. The third-order valence-electron chi connectivity index (χ3n) is 2.35. The van der Waals surface area contributed by atoms with E-state index in [1.807, 2.05) is 0 Å². The van der Waals surface area contributed by atoms with Crippen molar-refractivity contribution in [3.05, 3.63) is 11.6 Å². The molecule has 1 aliphatic rings. The zero-order valence-electron chi connectivity index (χ0n) is 8.57. The van der Waals surface area contributed by atoms with E-state index in [4.69, 9.17) is 4.74 Å². The van der Waals surface area contributed by atoms with Crippen LogP contribution in [-0.4, -0.2) is 32.1 Å². The summed E-state index contributed by atoms with van der Waals surface area (Å²) in [5.74, 6) is -0.550. The highest BCUT2D eigenvalue weighted by Crippen LogP contribution is 2.23. The van der Waals surface area contributed by atoms with Gasteiger partial charge in [-0.15, -0.1) is 0 Å². The summed E-state index contributed by atoms with van der Waals surface area (Å²) in [5.41, 5.74) is 0.520. The zero-order chi connectivity index (χ0) is 10.7. The molecule has 0 aromatic carbocycles. The lowest BCUT2D eigenvalue weighted by molar-refractivity contribution is -0.137. The van der Waals surface area contributed by atoms with E-state index >= 15 is 0 Å². The van der Waals surface area contributed by atoms with Crippen LogP contribution in [-0.2, 0) is 19.1 Å². The van der Waals surface area contributed by atoms with E-state index in [1.165, 1.54) is 20.3 Å². The quantitative estimate of drug-likeness (QED) is 0.613. The minimum absolute atomic E-state index is 0.0140. The largest absolute Gasteiger partial charge is 0.466 e. The lowest BCUT2D eigenvalue weighted by Gasteiger charge is -2.22. The molecule has 4 nitrogen and oxygen atoms in total. The lowest BCUT2D eigenvalue weighted by Crippen LogP contribution is -2.32. The topological polar surface area (TPSA) is 52.6 Å². The lowest BCUT2D eigenvalue weighted by atomic mass is 9.87. The van der Waals surface area contributed by atoms with E-state index in [1.54, 1.807) is 6.92 Å². The summed E-state index contributed by atoms with van der Waals surface area (Å²) in [7, 11) is 2.78. The van der Waals surface area contributed by atoms with Crippen LogP contribution in [0.3, 0.4) is 0 Å². The van der Waals surface area contributed by atoms with E-state index in [0.717, 1.165) is 0 Å². The van der Waals surface area contributed by atoms with E-state index in [0.29, 0.717) is 12.0 Å². The molecule has 0 amide bonds. The second-order valence-electron chi connectivity index (χ2n) is 3.35. The molecule has 0 aliphatic heterocycles. The number of hydrogen-bond acceptors (Lipinski definition) is 4. The van der Waals surface area contributed by atoms with Crippen LogP contribution in [0.25, 0.3) is 0 Å². The molecule has 1 rings (SSSR count). The highest BCUT2D eigenvalue weighted by Gasteiger charge is 2.30. The van der Waals surface area contributed by atoms with Crippen molar-refractivity contribution < 1.29 is 19.1 Å². The Morgan fingerprint density at radius 3 is 2.64 bits per heavy atom. The second kappa shape index (κ2) is 4.37. The Morgan fingerprint density at radius 1 is 1.50 bits per heavy atom. The fraction of sp³-hybridized carbons (Fsp3) is 0.600. The van der Waals surface area contributed by atoms with E-state index < -0.39 is 6.10 Å². The molecule has 1 aliphatic carbocycles. The summed E-state index contributed by atoms with van der Waals surface area (Å²) in [6, 6.07) is 0. The molecule has 0 aromatic rings. The Bertz CT molecular complexity index is 280. The van der Waals surface area contributed by atoms with Gasteiger partial charge in [0.2, 0.25) is 0 Å². The molecule has 0 heterocycles. The maximum atomic E-state index is 11.5. The average Bonchev–Trinajstić information content (AvgIpc) is 2.20. The van der Waals surface area contributed by atoms with Crippen molar-refractivity contribution >= 4 is 11.8 Å². The Labute approximate surface area is 82.9 Å². The Morgan fingerprint density at radius 2 is 2.14 bits per heavy atom. The van der Waals surface area contributed by atoms with Gasteiger partial charge in [-0.2, -0.15) is 0 Å². The number of esters is 1. The van der Waals surface area contributed by atoms with Gasteiger partial charge < -0.3 is 9.47 Å². The minimum Gasteiger partial charge on any atom is -0.466 e. The molecule has 2 atom stereocenters. The normalized spacial score (nSPS) is 27.1. The summed E-state index contributed by atoms with van der Waals surface area (Å²) in [6.07, 6.45) is 1.37. The number of ketones is 1. The van der Waals surface area contributed by atoms with E-state index in [9.17, 15) is 9.59 Å². The number of ether oxygens (including phenoxy) is 2. The number of hydrogen-bond donors (Lipinski definition) is 0. The smallest absolute Gasteiger partial charge is 0.333 e. The molecule has 14 heavy (non-hydrogen) atoms. The highest BCUT2D eigenvalue weighted by atomic mass is 16.5. The maximum absolute atomic E-state index is 11.5. The Kier molecular flexibility index (Phi) is 3.41. The van der Waals surface area contributed by atoms with Gasteiger partial charge in [0.05, 0.1) is 7.11 Å². The van der Waals surface area contributed by atoms with Crippen molar-refractivity contribution in [2.45, 2.75) is 19.4 Å². The molecule has 0 aromatic heterocycles. The summed E-state index contributed by atoms with van der Waals surface area (Å²) in [6.45, 7) is 1.78. The molecule has 78 valence electrons. The fourth-order valence-corrected chi connectivity index (χ4v) is 1.51. The van der Waals surface area contributed by atoms with E-state index in [2.05, 4.69) is 4.74 Å². The predicted molar refractivity (Wildman–Crippen MR) is 49.7 cm³/mol. The van der Waals surface area contributed by atoms with Crippen LogP contribution in [0, 0.1) is 5.92 Å². The second-order valence-corrected chi connectivity index (χ2v) is 3.35. The van der Waals surface area contributed by atoms with Crippen LogP contribution in [0.5, 0.6) is 0 Å². The van der Waals surface area contributed by atoms with Gasteiger partial charge >= 0.3 is 5.97 Å². The molecule has 0 saturated carbocycles. The van der Waals surface area contributed by atoms with Gasteiger partial charge in [0, 0.05) is 18.6 Å². The minimum atomic E-state index is -0.604. The summed E-state index contributed by atoms with van der Waals surface area (Å²) >= 11 is 0. The molecule has 1 unspecified atom stereocenters. The number of Topliss-reactive ketones (excluding diaryl/α,β-unsaturated/α-hetero) is 1. The predicted octanol–water partition coefficient (Wildman–Crippen LogP) is 0.710. The van der Waals surface area contributed by atoms with Crippen LogP contribution >= 0.6 is 0 Å². The van der Waals surface area contributed by atoms with Gasteiger partial charge in [0.1, 0.15) is 6.10 Å². The van der Waals surface area contributed by atoms with E-state index in [-0.39, 0.29) is 17.7 Å². The molecule has 0 fully saturated rings. The summed E-state index contributed by atoms with van der Waals surface area (Å²) in [4.78, 5) is 22.7. The summed E-state index contributed by atoms with van der Waals surface area (Å²) < 4.78 is 9.56. The van der Waals surface area contributed by atoms with Crippen molar-refractivity contribution in [2.24, 2.45) is 5.92 Å². The number of carbonyl (C=O) groups excluding carboxylic acids is 2. The van der Waals surface area contributed by atoms with Gasteiger partial charge in [0.15, 0.2) is 5.78 Å². The van der Waals surface area contributed by atoms with Crippen molar-refractivity contribution in [2.75, 3.05) is 14.2 Å². The molecular formula is C10H14O4. The first-order valence-electron chi connectivity index (χ1n) is 4.45. The molecule has 0 radical (unpaired) electrons. The van der Waals surface area contributed by atoms with Gasteiger partial charge in [-0.1, -0.05) is 6.92 Å². The first-order valence-corrected chi connectivity index (χ1v) is 4.45. The van der Waals surface area contributed by atoms with Crippen molar-refractivity contribution in [1.29, 1.82) is 0 Å². The number of carbonyl (C=O) groups is 2. The van der Waals surface area contributed by atoms with Gasteiger partial charge in [-0.05, 0) is 12.5 Å². The SMILES string of the molecule is COC(=O)C1=CC(OC)C(=O)[C@@H](C)C1. The first kappa shape index (κ1) is 10.9. The van der Waals surface area contributed by atoms with Crippen molar-refractivity contribution in [1.82, 2.24) is 0 Å². The zero-order valence-corrected chi connectivity index (χ0v) is 8.57. The molecule has 0 spiro atoms. The van der Waals surface area contributed by atoms with Crippen LogP contribution < -0.4 is 0 Å². The third kappa shape index (κ3) is 2.01. The fourth-order valence-electron chi connectivity index (χ4n) is 1.51. The standard InChI is InChI=1S/C10H14O4/c1-6-4-7(10(12)14-3)5-8(13-2)9(6)11/h5-6,8H,4H2,1-3H3/t6-,8?/m0/s1. The Hall–Kier alpha value is -1.16. The highest BCUT2D eigenvalue weighted by molar-refractivity contribution is 5.96. The van der Waals surface area contributed by atoms with Crippen LogP contribution in [0.2, 0.25) is 0 Å². The molecular weight excluding hydrogens is 184 g/mol. The van der Waals surface area contributed by atoms with Crippen LogP contribution in [0.4, 0.5) is 0 Å². The maximum Gasteiger partial charge on any atom is 0.333 e.